The van der Waals surface area contributed by atoms with Gasteiger partial charge in [-0.05, 0) is 43.7 Å². The minimum Gasteiger partial charge on any atom is -0.490 e. The number of para-hydroxylation sites is 1. The van der Waals surface area contributed by atoms with E-state index >= 15 is 0 Å². The third-order valence-electron chi connectivity index (χ3n) is 3.59. The first kappa shape index (κ1) is 15.2. The number of hydrogen-bond donors (Lipinski definition) is 1. The Morgan fingerprint density at radius 1 is 1.00 bits per heavy atom. The molecule has 2 aromatic carbocycles. The first-order valence-corrected chi connectivity index (χ1v) is 7.75. The van der Waals surface area contributed by atoms with Crippen molar-refractivity contribution in [3.63, 3.8) is 0 Å². The monoisotopic (exact) mass is 309 g/mol. The van der Waals surface area contributed by atoms with Crippen LogP contribution in [-0.2, 0) is 4.79 Å². The minimum absolute atomic E-state index is 0.0851. The van der Waals surface area contributed by atoms with Crippen LogP contribution in [0.3, 0.4) is 0 Å². The molecule has 0 spiro atoms. The topological polar surface area (TPSA) is 47.6 Å². The number of nitrogens with one attached hydrogen (secondary N) is 1. The van der Waals surface area contributed by atoms with Gasteiger partial charge in [-0.2, -0.15) is 0 Å². The van der Waals surface area contributed by atoms with Gasteiger partial charge in [0.1, 0.15) is 0 Å². The van der Waals surface area contributed by atoms with Crippen LogP contribution in [0.1, 0.15) is 25.0 Å². The summed E-state index contributed by atoms with van der Waals surface area (Å²) in [6.07, 6.45) is 1.87. The molecule has 2 aromatic rings. The smallest absolute Gasteiger partial charge is 0.256 e. The third-order valence-corrected chi connectivity index (χ3v) is 3.59. The fourth-order valence-electron chi connectivity index (χ4n) is 2.61. The molecule has 0 aromatic heterocycles. The summed E-state index contributed by atoms with van der Waals surface area (Å²) in [7, 11) is 0. The van der Waals surface area contributed by atoms with E-state index in [-0.39, 0.29) is 5.91 Å². The summed E-state index contributed by atoms with van der Waals surface area (Å²) in [6, 6.07) is 13.4. The van der Waals surface area contributed by atoms with Gasteiger partial charge in [0.05, 0.1) is 13.2 Å². The van der Waals surface area contributed by atoms with Crippen molar-refractivity contribution >= 4 is 23.2 Å². The van der Waals surface area contributed by atoms with Crippen LogP contribution < -0.4 is 14.8 Å². The molecule has 1 heterocycles. The number of fused-ring (bicyclic) bond motifs is 1. The van der Waals surface area contributed by atoms with Crippen molar-refractivity contribution in [1.82, 2.24) is 0 Å². The highest BCUT2D eigenvalue weighted by Gasteiger charge is 2.23. The van der Waals surface area contributed by atoms with E-state index in [1.165, 1.54) is 0 Å². The van der Waals surface area contributed by atoms with E-state index < -0.39 is 0 Å². The molecule has 4 nitrogen and oxygen atoms in total. The summed E-state index contributed by atoms with van der Waals surface area (Å²) in [6.45, 7) is 5.01. The van der Waals surface area contributed by atoms with Crippen molar-refractivity contribution in [2.75, 3.05) is 18.5 Å². The summed E-state index contributed by atoms with van der Waals surface area (Å²) >= 11 is 0. The van der Waals surface area contributed by atoms with Crippen molar-refractivity contribution in [1.29, 1.82) is 0 Å². The number of amides is 1. The predicted molar refractivity (Wildman–Crippen MR) is 91.7 cm³/mol. The van der Waals surface area contributed by atoms with Crippen LogP contribution in [0.15, 0.2) is 42.5 Å². The van der Waals surface area contributed by atoms with Crippen molar-refractivity contribution in [2.24, 2.45) is 0 Å². The zero-order chi connectivity index (χ0) is 16.2. The fraction of sp³-hybridized carbons (Fsp3) is 0.211. The van der Waals surface area contributed by atoms with Gasteiger partial charge in [-0.15, -0.1) is 0 Å². The maximum Gasteiger partial charge on any atom is 0.256 e. The SMILES string of the molecule is CCOc1ccc(/C=C2\C(=O)Nc3ccccc32)cc1OCC. The molecule has 0 unspecified atom stereocenters. The van der Waals surface area contributed by atoms with Gasteiger partial charge >= 0.3 is 0 Å². The Morgan fingerprint density at radius 2 is 1.74 bits per heavy atom. The van der Waals surface area contributed by atoms with Gasteiger partial charge in [0.2, 0.25) is 0 Å². The number of rotatable bonds is 5. The van der Waals surface area contributed by atoms with Gasteiger partial charge in [-0.25, -0.2) is 0 Å². The summed E-state index contributed by atoms with van der Waals surface area (Å²) in [5.41, 5.74) is 3.33. The lowest BCUT2D eigenvalue weighted by atomic mass is 10.0. The van der Waals surface area contributed by atoms with E-state index in [0.717, 1.165) is 16.8 Å². The highest BCUT2D eigenvalue weighted by Crippen LogP contribution is 2.34. The quantitative estimate of drug-likeness (QED) is 0.850. The summed E-state index contributed by atoms with van der Waals surface area (Å²) in [5, 5.41) is 2.88. The van der Waals surface area contributed by atoms with Crippen LogP contribution in [0.5, 0.6) is 11.5 Å². The van der Waals surface area contributed by atoms with Gasteiger partial charge < -0.3 is 14.8 Å². The molecule has 0 fully saturated rings. The summed E-state index contributed by atoms with van der Waals surface area (Å²) in [5.74, 6) is 1.32. The Bertz CT molecular complexity index is 765. The highest BCUT2D eigenvalue weighted by atomic mass is 16.5. The van der Waals surface area contributed by atoms with Gasteiger partial charge in [0, 0.05) is 16.8 Å². The standard InChI is InChI=1S/C19H19NO3/c1-3-22-17-10-9-13(12-18(17)23-4-2)11-15-14-7-5-6-8-16(14)20-19(15)21/h5-12H,3-4H2,1-2H3,(H,20,21)/b15-11-. The highest BCUT2D eigenvalue weighted by molar-refractivity contribution is 6.34. The Balaban J connectivity index is 1.99. The zero-order valence-electron chi connectivity index (χ0n) is 13.3. The molecule has 1 aliphatic rings. The van der Waals surface area contributed by atoms with Gasteiger partial charge in [0.15, 0.2) is 11.5 Å². The van der Waals surface area contributed by atoms with Gasteiger partial charge in [0.25, 0.3) is 5.91 Å². The van der Waals surface area contributed by atoms with E-state index in [4.69, 9.17) is 9.47 Å². The molecule has 4 heteroatoms. The molecule has 1 amide bonds. The molecule has 0 saturated heterocycles. The number of benzene rings is 2. The fourth-order valence-corrected chi connectivity index (χ4v) is 2.61. The second-order valence-electron chi connectivity index (χ2n) is 5.13. The summed E-state index contributed by atoms with van der Waals surface area (Å²) < 4.78 is 11.2. The third kappa shape index (κ3) is 3.06. The van der Waals surface area contributed by atoms with Crippen LogP contribution in [-0.4, -0.2) is 19.1 Å². The first-order chi connectivity index (χ1) is 11.2. The van der Waals surface area contributed by atoms with Gasteiger partial charge in [-0.1, -0.05) is 24.3 Å². The Kier molecular flexibility index (Phi) is 4.33. The molecule has 118 valence electrons. The minimum atomic E-state index is -0.0851. The van der Waals surface area contributed by atoms with Crippen molar-refractivity contribution in [3.05, 3.63) is 53.6 Å². The van der Waals surface area contributed by atoms with E-state index in [2.05, 4.69) is 5.32 Å². The maximum atomic E-state index is 12.2. The molecule has 23 heavy (non-hydrogen) atoms. The van der Waals surface area contributed by atoms with Gasteiger partial charge in [-0.3, -0.25) is 4.79 Å². The number of carbonyl (C=O) groups is 1. The molecular formula is C19H19NO3. The van der Waals surface area contributed by atoms with Crippen molar-refractivity contribution < 1.29 is 14.3 Å². The maximum absolute atomic E-state index is 12.2. The second kappa shape index (κ2) is 6.57. The normalized spacial score (nSPS) is 14.5. The van der Waals surface area contributed by atoms with E-state index in [1.807, 2.05) is 62.4 Å². The van der Waals surface area contributed by atoms with E-state index in [1.54, 1.807) is 0 Å². The predicted octanol–water partition coefficient (Wildman–Crippen LogP) is 3.98. The molecule has 0 saturated carbocycles. The average molecular weight is 309 g/mol. The van der Waals surface area contributed by atoms with Crippen LogP contribution in [0.2, 0.25) is 0 Å². The number of ether oxygens (including phenoxy) is 2. The molecule has 0 aliphatic carbocycles. The van der Waals surface area contributed by atoms with E-state index in [0.29, 0.717) is 30.3 Å². The Hall–Kier alpha value is -2.75. The lowest BCUT2D eigenvalue weighted by Gasteiger charge is -2.11. The van der Waals surface area contributed by atoms with Crippen LogP contribution in [0, 0.1) is 0 Å². The average Bonchev–Trinajstić information content (AvgIpc) is 2.86. The Morgan fingerprint density at radius 3 is 2.52 bits per heavy atom. The lowest BCUT2D eigenvalue weighted by Crippen LogP contribution is -2.03. The second-order valence-corrected chi connectivity index (χ2v) is 5.13. The molecule has 3 rings (SSSR count). The first-order valence-electron chi connectivity index (χ1n) is 7.75. The molecule has 0 atom stereocenters. The van der Waals surface area contributed by atoms with E-state index in [9.17, 15) is 4.79 Å². The number of hydrogen-bond acceptors (Lipinski definition) is 3. The molecule has 1 aliphatic heterocycles. The lowest BCUT2D eigenvalue weighted by molar-refractivity contribution is -0.110. The Labute approximate surface area is 135 Å². The molecule has 0 radical (unpaired) electrons. The van der Waals surface area contributed by atoms with Crippen LogP contribution in [0.25, 0.3) is 11.6 Å². The van der Waals surface area contributed by atoms with Crippen molar-refractivity contribution in [2.45, 2.75) is 13.8 Å². The largest absolute Gasteiger partial charge is 0.490 e. The molecule has 0 bridgehead atoms. The molecule has 1 N–H and O–H groups in total. The van der Waals surface area contributed by atoms with Crippen LogP contribution >= 0.6 is 0 Å². The zero-order valence-corrected chi connectivity index (χ0v) is 13.3. The van der Waals surface area contributed by atoms with Crippen LogP contribution in [0.4, 0.5) is 5.69 Å². The molecular weight excluding hydrogens is 290 g/mol. The number of anilines is 1. The number of carbonyl (C=O) groups excluding carboxylic acids is 1. The summed E-state index contributed by atoms with van der Waals surface area (Å²) in [4.78, 5) is 12.2. The van der Waals surface area contributed by atoms with Crippen molar-refractivity contribution in [3.8, 4) is 11.5 Å².